The molecule has 18 heavy (non-hydrogen) atoms. The molecule has 96 valence electrons. The molecule has 0 bridgehead atoms. The standard InChI is InChI=1S/C14H19N3O/c1-2-3-6-9-15-14(18)17-13-10-16-12-8-5-4-7-11(12)13/h4-5,7-8,10,16H,2-3,6,9H2,1H3,(H2,15,17,18). The summed E-state index contributed by atoms with van der Waals surface area (Å²) in [5, 5.41) is 6.75. The second kappa shape index (κ2) is 6.10. The van der Waals surface area contributed by atoms with E-state index < -0.39 is 0 Å². The molecule has 4 heteroatoms. The Hall–Kier alpha value is -1.97. The summed E-state index contributed by atoms with van der Waals surface area (Å²) in [6.45, 7) is 2.87. The van der Waals surface area contributed by atoms with E-state index in [1.807, 2.05) is 30.5 Å². The summed E-state index contributed by atoms with van der Waals surface area (Å²) in [5.41, 5.74) is 1.84. The van der Waals surface area contributed by atoms with Crippen LogP contribution in [0.3, 0.4) is 0 Å². The Morgan fingerprint density at radius 2 is 2.11 bits per heavy atom. The van der Waals surface area contributed by atoms with E-state index in [1.165, 1.54) is 0 Å². The van der Waals surface area contributed by atoms with Crippen LogP contribution >= 0.6 is 0 Å². The highest BCUT2D eigenvalue weighted by Crippen LogP contribution is 2.22. The lowest BCUT2D eigenvalue weighted by Crippen LogP contribution is -2.29. The van der Waals surface area contributed by atoms with Crippen LogP contribution in [0, 0.1) is 0 Å². The summed E-state index contributed by atoms with van der Waals surface area (Å²) in [7, 11) is 0. The summed E-state index contributed by atoms with van der Waals surface area (Å²) in [5.74, 6) is 0. The van der Waals surface area contributed by atoms with Gasteiger partial charge in [0.25, 0.3) is 0 Å². The van der Waals surface area contributed by atoms with Crippen molar-refractivity contribution in [3.63, 3.8) is 0 Å². The number of hydrogen-bond acceptors (Lipinski definition) is 1. The number of H-pyrrole nitrogens is 1. The van der Waals surface area contributed by atoms with Crippen LogP contribution in [0.2, 0.25) is 0 Å². The zero-order chi connectivity index (χ0) is 12.8. The molecule has 1 aromatic carbocycles. The topological polar surface area (TPSA) is 56.9 Å². The molecule has 0 fully saturated rings. The first kappa shape index (κ1) is 12.5. The molecule has 0 atom stereocenters. The normalized spacial score (nSPS) is 10.5. The molecule has 1 heterocycles. The van der Waals surface area contributed by atoms with Crippen LogP contribution in [0.15, 0.2) is 30.5 Å². The molecule has 3 N–H and O–H groups in total. The molecule has 0 aliphatic carbocycles. The average Bonchev–Trinajstić information content (AvgIpc) is 2.78. The van der Waals surface area contributed by atoms with Crippen molar-refractivity contribution in [2.45, 2.75) is 26.2 Å². The fourth-order valence-corrected chi connectivity index (χ4v) is 1.92. The Balaban J connectivity index is 1.91. The molecule has 1 aromatic heterocycles. The van der Waals surface area contributed by atoms with E-state index in [2.05, 4.69) is 22.5 Å². The number of anilines is 1. The number of carbonyl (C=O) groups is 1. The minimum absolute atomic E-state index is 0.143. The van der Waals surface area contributed by atoms with Crippen molar-refractivity contribution in [3.05, 3.63) is 30.5 Å². The zero-order valence-corrected chi connectivity index (χ0v) is 10.6. The highest BCUT2D eigenvalue weighted by Gasteiger charge is 2.05. The number of benzene rings is 1. The molecule has 0 aliphatic rings. The zero-order valence-electron chi connectivity index (χ0n) is 10.6. The van der Waals surface area contributed by atoms with Crippen molar-refractivity contribution in [2.75, 3.05) is 11.9 Å². The predicted octanol–water partition coefficient (Wildman–Crippen LogP) is 3.48. The highest BCUT2D eigenvalue weighted by atomic mass is 16.2. The molecular weight excluding hydrogens is 226 g/mol. The number of urea groups is 1. The molecule has 2 amide bonds. The number of aromatic amines is 1. The lowest BCUT2D eigenvalue weighted by atomic mass is 10.2. The van der Waals surface area contributed by atoms with Gasteiger partial charge in [-0.05, 0) is 12.5 Å². The molecule has 0 radical (unpaired) electrons. The molecule has 0 saturated heterocycles. The van der Waals surface area contributed by atoms with Gasteiger partial charge in [0.15, 0.2) is 0 Å². The van der Waals surface area contributed by atoms with Gasteiger partial charge in [0, 0.05) is 23.6 Å². The average molecular weight is 245 g/mol. The first-order valence-electron chi connectivity index (χ1n) is 6.42. The maximum absolute atomic E-state index is 11.7. The largest absolute Gasteiger partial charge is 0.359 e. The lowest BCUT2D eigenvalue weighted by Gasteiger charge is -2.06. The maximum atomic E-state index is 11.7. The van der Waals surface area contributed by atoms with Gasteiger partial charge in [0.2, 0.25) is 0 Å². The third kappa shape index (κ3) is 3.03. The van der Waals surface area contributed by atoms with Crippen molar-refractivity contribution in [3.8, 4) is 0 Å². The lowest BCUT2D eigenvalue weighted by molar-refractivity contribution is 0.252. The molecule has 2 aromatic rings. The van der Waals surface area contributed by atoms with Crippen molar-refractivity contribution < 1.29 is 4.79 Å². The van der Waals surface area contributed by atoms with E-state index in [1.54, 1.807) is 0 Å². The molecule has 0 aliphatic heterocycles. The smallest absolute Gasteiger partial charge is 0.319 e. The number of para-hydroxylation sites is 1. The summed E-state index contributed by atoms with van der Waals surface area (Å²) in [6, 6.07) is 7.75. The van der Waals surface area contributed by atoms with Gasteiger partial charge >= 0.3 is 6.03 Å². The van der Waals surface area contributed by atoms with Crippen LogP contribution in [-0.2, 0) is 0 Å². The summed E-state index contributed by atoms with van der Waals surface area (Å²) < 4.78 is 0. The number of nitrogens with one attached hydrogen (secondary N) is 3. The molecule has 4 nitrogen and oxygen atoms in total. The second-order valence-electron chi connectivity index (χ2n) is 4.34. The van der Waals surface area contributed by atoms with Crippen LogP contribution in [0.4, 0.5) is 10.5 Å². The number of carbonyl (C=O) groups excluding carboxylic acids is 1. The Kier molecular flexibility index (Phi) is 4.23. The Bertz CT molecular complexity index is 518. The van der Waals surface area contributed by atoms with Crippen LogP contribution < -0.4 is 10.6 Å². The van der Waals surface area contributed by atoms with E-state index in [9.17, 15) is 4.79 Å². The predicted molar refractivity (Wildman–Crippen MR) is 74.8 cm³/mol. The SMILES string of the molecule is CCCCCNC(=O)Nc1c[nH]c2ccccc12. The number of unbranched alkanes of at least 4 members (excludes halogenated alkanes) is 2. The van der Waals surface area contributed by atoms with Gasteiger partial charge in [0.1, 0.15) is 0 Å². The fraction of sp³-hybridized carbons (Fsp3) is 0.357. The number of amides is 2. The van der Waals surface area contributed by atoms with Crippen molar-refractivity contribution in [1.82, 2.24) is 10.3 Å². The first-order valence-corrected chi connectivity index (χ1v) is 6.42. The number of hydrogen-bond donors (Lipinski definition) is 3. The van der Waals surface area contributed by atoms with Gasteiger partial charge in [-0.1, -0.05) is 38.0 Å². The van der Waals surface area contributed by atoms with Gasteiger partial charge in [-0.2, -0.15) is 0 Å². The third-order valence-corrected chi connectivity index (χ3v) is 2.90. The van der Waals surface area contributed by atoms with Gasteiger partial charge in [-0.3, -0.25) is 0 Å². The number of aromatic nitrogens is 1. The van der Waals surface area contributed by atoms with E-state index in [4.69, 9.17) is 0 Å². The highest BCUT2D eigenvalue weighted by molar-refractivity contribution is 6.00. The Morgan fingerprint density at radius 1 is 1.28 bits per heavy atom. The van der Waals surface area contributed by atoms with Gasteiger partial charge in [0.05, 0.1) is 5.69 Å². The number of rotatable bonds is 5. The van der Waals surface area contributed by atoms with E-state index in [0.29, 0.717) is 0 Å². The molecular formula is C14H19N3O. The van der Waals surface area contributed by atoms with Gasteiger partial charge < -0.3 is 15.6 Å². The number of fused-ring (bicyclic) bond motifs is 1. The van der Waals surface area contributed by atoms with Crippen molar-refractivity contribution >= 4 is 22.6 Å². The first-order chi connectivity index (χ1) is 8.81. The Labute approximate surface area is 107 Å². The van der Waals surface area contributed by atoms with E-state index in [-0.39, 0.29) is 6.03 Å². The Morgan fingerprint density at radius 3 is 2.94 bits per heavy atom. The van der Waals surface area contributed by atoms with Gasteiger partial charge in [-0.25, -0.2) is 4.79 Å². The molecule has 0 unspecified atom stereocenters. The van der Waals surface area contributed by atoms with E-state index in [0.717, 1.165) is 42.4 Å². The van der Waals surface area contributed by atoms with Crippen LogP contribution in [0.25, 0.3) is 10.9 Å². The van der Waals surface area contributed by atoms with Crippen LogP contribution in [0.1, 0.15) is 26.2 Å². The fourth-order valence-electron chi connectivity index (χ4n) is 1.92. The van der Waals surface area contributed by atoms with E-state index >= 15 is 0 Å². The van der Waals surface area contributed by atoms with Crippen molar-refractivity contribution in [2.24, 2.45) is 0 Å². The summed E-state index contributed by atoms with van der Waals surface area (Å²) >= 11 is 0. The van der Waals surface area contributed by atoms with Gasteiger partial charge in [-0.15, -0.1) is 0 Å². The minimum Gasteiger partial charge on any atom is -0.359 e. The van der Waals surface area contributed by atoms with Crippen LogP contribution in [-0.4, -0.2) is 17.6 Å². The molecule has 0 saturated carbocycles. The minimum atomic E-state index is -0.143. The molecule has 2 rings (SSSR count). The maximum Gasteiger partial charge on any atom is 0.319 e. The second-order valence-corrected chi connectivity index (χ2v) is 4.34. The molecule has 0 spiro atoms. The monoisotopic (exact) mass is 245 g/mol. The van der Waals surface area contributed by atoms with Crippen molar-refractivity contribution in [1.29, 1.82) is 0 Å². The third-order valence-electron chi connectivity index (χ3n) is 2.90. The quantitative estimate of drug-likeness (QED) is 0.694. The summed E-state index contributed by atoms with van der Waals surface area (Å²) in [6.07, 6.45) is 5.15. The van der Waals surface area contributed by atoms with Crippen LogP contribution in [0.5, 0.6) is 0 Å². The summed E-state index contributed by atoms with van der Waals surface area (Å²) in [4.78, 5) is 14.8.